The summed E-state index contributed by atoms with van der Waals surface area (Å²) in [5.41, 5.74) is 7.19. The standard InChI is InChI=1S/C28H24FN7O/c1-36(2)8-9-37-20-11-17(10-19(29)12-20)21-4-3-5-24-22(21)13-26(32-24)28-27-25(34-35-28)7-6-23(33-27)18-14-30-16-31-15-18/h3-7,10-16,32H,8-9H2,1-2H3,(H,34,35). The molecule has 6 aromatic rings. The van der Waals surface area contributed by atoms with Crippen molar-refractivity contribution in [3.63, 3.8) is 0 Å². The minimum atomic E-state index is -0.343. The van der Waals surface area contributed by atoms with E-state index in [0.29, 0.717) is 18.1 Å². The molecule has 8 nitrogen and oxygen atoms in total. The van der Waals surface area contributed by atoms with Gasteiger partial charge in [-0.2, -0.15) is 5.10 Å². The molecule has 9 heteroatoms. The van der Waals surface area contributed by atoms with Crippen LogP contribution in [-0.4, -0.2) is 62.3 Å². The number of H-pyrrole nitrogens is 2. The van der Waals surface area contributed by atoms with E-state index in [1.807, 2.05) is 61.5 Å². The fraction of sp³-hybridized carbons (Fsp3) is 0.143. The normalized spacial score (nSPS) is 11.6. The number of rotatable bonds is 7. The van der Waals surface area contributed by atoms with E-state index in [4.69, 9.17) is 9.72 Å². The third kappa shape index (κ3) is 4.52. The highest BCUT2D eigenvalue weighted by atomic mass is 19.1. The summed E-state index contributed by atoms with van der Waals surface area (Å²) in [6.45, 7) is 1.22. The van der Waals surface area contributed by atoms with E-state index in [9.17, 15) is 4.39 Å². The van der Waals surface area contributed by atoms with Crippen molar-refractivity contribution >= 4 is 21.9 Å². The highest BCUT2D eigenvalue weighted by molar-refractivity contribution is 6.00. The van der Waals surface area contributed by atoms with E-state index in [-0.39, 0.29) is 5.82 Å². The Morgan fingerprint density at radius 3 is 2.65 bits per heavy atom. The molecule has 0 saturated heterocycles. The van der Waals surface area contributed by atoms with Crippen molar-refractivity contribution in [1.29, 1.82) is 0 Å². The van der Waals surface area contributed by atoms with Gasteiger partial charge in [0.05, 0.1) is 16.9 Å². The van der Waals surface area contributed by atoms with Gasteiger partial charge in [0.25, 0.3) is 0 Å². The Labute approximate surface area is 212 Å². The van der Waals surface area contributed by atoms with Crippen LogP contribution in [0.2, 0.25) is 0 Å². The van der Waals surface area contributed by atoms with Crippen LogP contribution in [0.15, 0.2) is 73.3 Å². The van der Waals surface area contributed by atoms with Gasteiger partial charge in [-0.25, -0.2) is 19.3 Å². The molecule has 0 bridgehead atoms. The molecule has 184 valence electrons. The molecule has 0 unspecified atom stereocenters. The van der Waals surface area contributed by atoms with Crippen LogP contribution in [0.1, 0.15) is 0 Å². The number of halogens is 1. The largest absolute Gasteiger partial charge is 0.492 e. The molecule has 0 aliphatic carbocycles. The van der Waals surface area contributed by atoms with Gasteiger partial charge >= 0.3 is 0 Å². The Balaban J connectivity index is 1.41. The van der Waals surface area contributed by atoms with Crippen LogP contribution in [0.4, 0.5) is 4.39 Å². The highest BCUT2D eigenvalue weighted by Gasteiger charge is 2.16. The van der Waals surface area contributed by atoms with Crippen molar-refractivity contribution < 1.29 is 9.13 Å². The molecule has 37 heavy (non-hydrogen) atoms. The summed E-state index contributed by atoms with van der Waals surface area (Å²) in [7, 11) is 3.94. The summed E-state index contributed by atoms with van der Waals surface area (Å²) in [5.74, 6) is 0.162. The maximum atomic E-state index is 14.6. The van der Waals surface area contributed by atoms with Crippen molar-refractivity contribution in [2.45, 2.75) is 0 Å². The minimum Gasteiger partial charge on any atom is -0.492 e. The van der Waals surface area contributed by atoms with Crippen LogP contribution in [0, 0.1) is 5.82 Å². The first-order valence-corrected chi connectivity index (χ1v) is 11.9. The lowest BCUT2D eigenvalue weighted by Crippen LogP contribution is -2.19. The van der Waals surface area contributed by atoms with Gasteiger partial charge in [-0.15, -0.1) is 0 Å². The van der Waals surface area contributed by atoms with Crippen LogP contribution in [0.5, 0.6) is 5.75 Å². The van der Waals surface area contributed by atoms with Gasteiger partial charge in [-0.1, -0.05) is 12.1 Å². The summed E-state index contributed by atoms with van der Waals surface area (Å²) < 4.78 is 20.4. The fourth-order valence-electron chi connectivity index (χ4n) is 4.36. The van der Waals surface area contributed by atoms with E-state index in [1.54, 1.807) is 12.4 Å². The summed E-state index contributed by atoms with van der Waals surface area (Å²) in [4.78, 5) is 18.5. The van der Waals surface area contributed by atoms with E-state index >= 15 is 0 Å². The van der Waals surface area contributed by atoms with E-state index < -0.39 is 0 Å². The number of hydrogen-bond donors (Lipinski definition) is 2. The molecule has 0 spiro atoms. The number of nitrogens with one attached hydrogen (secondary N) is 2. The molecule has 4 heterocycles. The quantitative estimate of drug-likeness (QED) is 0.313. The molecular formula is C28H24FN7O. The average molecular weight is 494 g/mol. The van der Waals surface area contributed by atoms with Crippen molar-refractivity contribution in [2.75, 3.05) is 27.2 Å². The summed E-state index contributed by atoms with van der Waals surface area (Å²) in [6, 6.07) is 16.6. The molecule has 2 N–H and O–H groups in total. The van der Waals surface area contributed by atoms with Gasteiger partial charge in [0.2, 0.25) is 0 Å². The smallest absolute Gasteiger partial charge is 0.135 e. The average Bonchev–Trinajstić information content (AvgIpc) is 3.52. The fourth-order valence-corrected chi connectivity index (χ4v) is 4.36. The van der Waals surface area contributed by atoms with Crippen molar-refractivity contribution in [3.8, 4) is 39.5 Å². The monoisotopic (exact) mass is 493 g/mol. The third-order valence-electron chi connectivity index (χ3n) is 6.17. The highest BCUT2D eigenvalue weighted by Crippen LogP contribution is 2.35. The lowest BCUT2D eigenvalue weighted by Gasteiger charge is -2.12. The molecule has 0 amide bonds. The first-order valence-electron chi connectivity index (χ1n) is 11.9. The molecule has 6 rings (SSSR count). The number of fused-ring (bicyclic) bond motifs is 2. The Bertz CT molecular complexity index is 1710. The van der Waals surface area contributed by atoms with Crippen LogP contribution >= 0.6 is 0 Å². The summed E-state index contributed by atoms with van der Waals surface area (Å²) >= 11 is 0. The van der Waals surface area contributed by atoms with E-state index in [1.165, 1.54) is 18.5 Å². The van der Waals surface area contributed by atoms with Gasteiger partial charge in [0, 0.05) is 41.5 Å². The number of ether oxygens (including phenoxy) is 1. The Morgan fingerprint density at radius 2 is 1.81 bits per heavy atom. The molecule has 0 atom stereocenters. The number of aromatic amines is 2. The molecule has 0 saturated carbocycles. The van der Waals surface area contributed by atoms with Crippen LogP contribution in [0.25, 0.3) is 55.7 Å². The first-order chi connectivity index (χ1) is 18.0. The lowest BCUT2D eigenvalue weighted by atomic mass is 10.0. The van der Waals surface area contributed by atoms with Crippen LogP contribution < -0.4 is 4.74 Å². The zero-order valence-electron chi connectivity index (χ0n) is 20.4. The Kier molecular flexibility index (Phi) is 5.82. The summed E-state index contributed by atoms with van der Waals surface area (Å²) in [6.07, 6.45) is 4.95. The number of benzene rings is 2. The van der Waals surface area contributed by atoms with Crippen molar-refractivity contribution in [2.24, 2.45) is 0 Å². The van der Waals surface area contributed by atoms with Gasteiger partial charge in [-0.05, 0) is 61.6 Å². The first kappa shape index (κ1) is 22.8. The number of aromatic nitrogens is 6. The van der Waals surface area contributed by atoms with Gasteiger partial charge in [-0.3, -0.25) is 5.10 Å². The van der Waals surface area contributed by atoms with Gasteiger partial charge in [0.15, 0.2) is 0 Å². The van der Waals surface area contributed by atoms with Crippen molar-refractivity contribution in [1.82, 2.24) is 35.0 Å². The zero-order chi connectivity index (χ0) is 25.4. The number of likely N-dealkylation sites (N-methyl/N-ethyl adjacent to an activating group) is 1. The van der Waals surface area contributed by atoms with Crippen LogP contribution in [-0.2, 0) is 0 Å². The topological polar surface area (TPSA) is 95.6 Å². The second-order valence-electron chi connectivity index (χ2n) is 9.07. The molecule has 0 fully saturated rings. The molecule has 2 aromatic carbocycles. The Hall–Kier alpha value is -4.63. The molecule has 4 aromatic heterocycles. The molecule has 0 radical (unpaired) electrons. The second-order valence-corrected chi connectivity index (χ2v) is 9.07. The van der Waals surface area contributed by atoms with Crippen LogP contribution in [0.3, 0.4) is 0 Å². The molecule has 0 aliphatic heterocycles. The third-order valence-corrected chi connectivity index (χ3v) is 6.17. The number of pyridine rings is 1. The molecule has 0 aliphatic rings. The number of nitrogens with zero attached hydrogens (tertiary/aromatic N) is 5. The number of hydrogen-bond acceptors (Lipinski definition) is 6. The van der Waals surface area contributed by atoms with E-state index in [0.717, 1.165) is 56.6 Å². The summed E-state index contributed by atoms with van der Waals surface area (Å²) in [5, 5.41) is 8.56. The van der Waals surface area contributed by atoms with Gasteiger partial charge in [0.1, 0.15) is 35.7 Å². The maximum Gasteiger partial charge on any atom is 0.135 e. The maximum absolute atomic E-state index is 14.6. The Morgan fingerprint density at radius 1 is 0.946 bits per heavy atom. The zero-order valence-corrected chi connectivity index (χ0v) is 20.4. The minimum absolute atomic E-state index is 0.343. The predicted octanol–water partition coefficient (Wildman–Crippen LogP) is 5.31. The molecular weight excluding hydrogens is 469 g/mol. The SMILES string of the molecule is CN(C)CCOc1cc(F)cc(-c2cccc3[nH]c(-c4n[nH]c5ccc(-c6cncnc6)nc45)cc23)c1. The predicted molar refractivity (Wildman–Crippen MR) is 142 cm³/mol. The lowest BCUT2D eigenvalue weighted by molar-refractivity contribution is 0.260. The van der Waals surface area contributed by atoms with E-state index in [2.05, 4.69) is 25.1 Å². The van der Waals surface area contributed by atoms with Gasteiger partial charge < -0.3 is 14.6 Å². The van der Waals surface area contributed by atoms with Crippen molar-refractivity contribution in [3.05, 3.63) is 79.1 Å². The second kappa shape index (κ2) is 9.44.